The van der Waals surface area contributed by atoms with Crippen molar-refractivity contribution < 1.29 is 44.2 Å². The van der Waals surface area contributed by atoms with Gasteiger partial charge in [0, 0.05) is 22.9 Å². The molecule has 1 aromatic heterocycles. The van der Waals surface area contributed by atoms with Crippen LogP contribution in [0.15, 0.2) is 54.7 Å². The molecule has 11 nitrogen and oxygen atoms in total. The molecule has 1 saturated heterocycles. The fraction of sp³-hybridized carbons (Fsp3) is 0.296. The van der Waals surface area contributed by atoms with E-state index in [0.29, 0.717) is 12.2 Å². The van der Waals surface area contributed by atoms with Gasteiger partial charge in [0.2, 0.25) is 6.29 Å². The number of nitrogens with two attached hydrogens (primary N) is 1. The number of ketones is 2. The van der Waals surface area contributed by atoms with Crippen molar-refractivity contribution in [1.29, 1.82) is 0 Å². The summed E-state index contributed by atoms with van der Waals surface area (Å²) in [6.45, 7) is -0.550. The van der Waals surface area contributed by atoms with Crippen molar-refractivity contribution in [3.63, 3.8) is 0 Å². The van der Waals surface area contributed by atoms with Crippen LogP contribution in [0.3, 0.4) is 0 Å². The third-order valence-corrected chi connectivity index (χ3v) is 6.64. The van der Waals surface area contributed by atoms with Gasteiger partial charge in [-0.2, -0.15) is 0 Å². The molecule has 2 aromatic carbocycles. The summed E-state index contributed by atoms with van der Waals surface area (Å²) in [7, 11) is 0. The number of phenolic OH excluding ortho intramolecular Hbond substituents is 1. The maximum absolute atomic E-state index is 13.1. The number of ether oxygens (including phenoxy) is 3. The molecule has 0 unspecified atom stereocenters. The number of carbonyl (C=O) groups excluding carboxylic acids is 2. The Bertz CT molecular complexity index is 1380. The highest BCUT2D eigenvalue weighted by Gasteiger charge is 2.47. The van der Waals surface area contributed by atoms with Gasteiger partial charge in [0.25, 0.3) is 0 Å². The minimum absolute atomic E-state index is 0.0243. The standard InChI is InChI=1S/C27H26N2O9/c28-19-11-13(7-9-29-19)8-10-36-26-25(35)24(34)18(12-30)38-27(26)37-17-6-5-16-20(23(17)33)22(32)15-4-2-1-3-14(15)21(16)31/h1-7,9,11,18,24-27,30,33-35H,8,10,12H2,(H2,28,29)/t18-,24-,25+,26-,27-/m0/s1. The van der Waals surface area contributed by atoms with Crippen LogP contribution in [0.2, 0.25) is 0 Å². The highest BCUT2D eigenvalue weighted by molar-refractivity contribution is 6.29. The first-order chi connectivity index (χ1) is 18.3. The Hall–Kier alpha value is -3.87. The van der Waals surface area contributed by atoms with E-state index in [1.807, 2.05) is 0 Å². The van der Waals surface area contributed by atoms with Crippen LogP contribution in [0.1, 0.15) is 37.4 Å². The van der Waals surface area contributed by atoms with Crippen LogP contribution in [-0.2, 0) is 15.9 Å². The number of aromatic nitrogens is 1. The van der Waals surface area contributed by atoms with Gasteiger partial charge in [-0.15, -0.1) is 0 Å². The van der Waals surface area contributed by atoms with Crippen molar-refractivity contribution in [2.24, 2.45) is 0 Å². The second kappa shape index (κ2) is 10.5. The number of anilines is 1. The summed E-state index contributed by atoms with van der Waals surface area (Å²) in [5.41, 5.74) is 6.73. The molecule has 3 aromatic rings. The minimum atomic E-state index is -1.51. The second-order valence-corrected chi connectivity index (χ2v) is 9.04. The summed E-state index contributed by atoms with van der Waals surface area (Å²) in [6, 6.07) is 12.4. The quantitative estimate of drug-likeness (QED) is 0.229. The molecule has 2 heterocycles. The van der Waals surface area contributed by atoms with Crippen molar-refractivity contribution in [2.75, 3.05) is 18.9 Å². The van der Waals surface area contributed by atoms with E-state index in [9.17, 15) is 30.0 Å². The average Bonchev–Trinajstić information content (AvgIpc) is 2.92. The highest BCUT2D eigenvalue weighted by Crippen LogP contribution is 2.40. The predicted molar refractivity (Wildman–Crippen MR) is 132 cm³/mol. The molecule has 0 bridgehead atoms. The van der Waals surface area contributed by atoms with E-state index in [1.165, 1.54) is 18.2 Å². The highest BCUT2D eigenvalue weighted by atomic mass is 16.7. The number of carbonyl (C=O) groups is 2. The Morgan fingerprint density at radius 3 is 2.42 bits per heavy atom. The molecule has 2 aliphatic rings. The summed E-state index contributed by atoms with van der Waals surface area (Å²) in [5.74, 6) is -1.40. The lowest BCUT2D eigenvalue weighted by Crippen LogP contribution is -2.61. The zero-order chi connectivity index (χ0) is 27.0. The molecule has 0 amide bonds. The smallest absolute Gasteiger partial charge is 0.229 e. The summed E-state index contributed by atoms with van der Waals surface area (Å²) < 4.78 is 17.3. The fourth-order valence-electron chi connectivity index (χ4n) is 4.66. The molecule has 38 heavy (non-hydrogen) atoms. The van der Waals surface area contributed by atoms with Crippen molar-refractivity contribution in [3.05, 3.63) is 82.5 Å². The number of pyridine rings is 1. The molecule has 1 fully saturated rings. The largest absolute Gasteiger partial charge is 0.504 e. The summed E-state index contributed by atoms with van der Waals surface area (Å²) in [5, 5.41) is 41.7. The van der Waals surface area contributed by atoms with Crippen LogP contribution in [-0.4, -0.2) is 80.9 Å². The van der Waals surface area contributed by atoms with Gasteiger partial charge in [-0.3, -0.25) is 9.59 Å². The first-order valence-electron chi connectivity index (χ1n) is 12.0. The Balaban J connectivity index is 1.40. The zero-order valence-corrected chi connectivity index (χ0v) is 20.1. The molecule has 0 spiro atoms. The van der Waals surface area contributed by atoms with E-state index in [4.69, 9.17) is 19.9 Å². The van der Waals surface area contributed by atoms with Crippen molar-refractivity contribution in [1.82, 2.24) is 4.98 Å². The Morgan fingerprint density at radius 2 is 1.71 bits per heavy atom. The van der Waals surface area contributed by atoms with E-state index in [0.717, 1.165) is 5.56 Å². The minimum Gasteiger partial charge on any atom is -0.504 e. The number of hydrogen-bond acceptors (Lipinski definition) is 11. The van der Waals surface area contributed by atoms with Crippen LogP contribution in [0, 0.1) is 0 Å². The topological polar surface area (TPSA) is 182 Å². The number of rotatable bonds is 7. The Kier molecular flexibility index (Phi) is 7.11. The lowest BCUT2D eigenvalue weighted by Gasteiger charge is -2.41. The molecule has 0 saturated carbocycles. The number of nitrogens with zero attached hydrogens (tertiary/aromatic N) is 1. The second-order valence-electron chi connectivity index (χ2n) is 9.04. The van der Waals surface area contributed by atoms with Crippen molar-refractivity contribution in [3.8, 4) is 11.5 Å². The number of hydrogen-bond donors (Lipinski definition) is 5. The SMILES string of the molecule is Nc1cc(CCO[C@@H]2[C@@H](Oc3ccc4c(c3O)C(=O)c3ccccc3C4=O)O[C@@H](CO)[C@H](O)[C@H]2O)ccn1. The maximum Gasteiger partial charge on any atom is 0.229 e. The van der Waals surface area contributed by atoms with Gasteiger partial charge in [-0.1, -0.05) is 24.3 Å². The lowest BCUT2D eigenvalue weighted by atomic mass is 9.83. The maximum atomic E-state index is 13.1. The van der Waals surface area contributed by atoms with Gasteiger partial charge in [-0.25, -0.2) is 4.98 Å². The molecular weight excluding hydrogens is 496 g/mol. The molecule has 1 aliphatic heterocycles. The van der Waals surface area contributed by atoms with E-state index in [-0.39, 0.29) is 34.6 Å². The average molecular weight is 523 g/mol. The Morgan fingerprint density at radius 1 is 0.974 bits per heavy atom. The van der Waals surface area contributed by atoms with Gasteiger partial charge in [0.15, 0.2) is 23.1 Å². The first-order valence-corrected chi connectivity index (χ1v) is 12.0. The molecule has 0 radical (unpaired) electrons. The van der Waals surface area contributed by atoms with E-state index in [1.54, 1.807) is 36.5 Å². The molecule has 11 heteroatoms. The van der Waals surface area contributed by atoms with E-state index in [2.05, 4.69) is 4.98 Å². The van der Waals surface area contributed by atoms with E-state index >= 15 is 0 Å². The van der Waals surface area contributed by atoms with Crippen molar-refractivity contribution in [2.45, 2.75) is 37.1 Å². The Labute approximate surface area is 217 Å². The zero-order valence-electron chi connectivity index (χ0n) is 20.1. The number of aliphatic hydroxyl groups is 3. The van der Waals surface area contributed by atoms with Gasteiger partial charge >= 0.3 is 0 Å². The summed E-state index contributed by atoms with van der Waals surface area (Å²) >= 11 is 0. The van der Waals surface area contributed by atoms with Crippen LogP contribution in [0.4, 0.5) is 5.82 Å². The number of fused-ring (bicyclic) bond motifs is 2. The number of benzene rings is 2. The number of nitrogen functional groups attached to an aromatic ring is 1. The van der Waals surface area contributed by atoms with Gasteiger partial charge in [0.1, 0.15) is 30.2 Å². The summed E-state index contributed by atoms with van der Waals surface area (Å²) in [6.07, 6.45) is -4.88. The predicted octanol–water partition coefficient (Wildman–Crippen LogP) is 0.590. The molecule has 5 atom stereocenters. The van der Waals surface area contributed by atoms with Crippen molar-refractivity contribution >= 4 is 17.4 Å². The number of aromatic hydroxyl groups is 1. The lowest BCUT2D eigenvalue weighted by molar-refractivity contribution is -0.287. The molecule has 5 rings (SSSR count). The summed E-state index contributed by atoms with van der Waals surface area (Å²) in [4.78, 5) is 30.0. The van der Waals surface area contributed by atoms with Crippen LogP contribution >= 0.6 is 0 Å². The molecule has 1 aliphatic carbocycles. The van der Waals surface area contributed by atoms with Gasteiger partial charge in [-0.05, 0) is 36.2 Å². The van der Waals surface area contributed by atoms with Gasteiger partial charge in [0.05, 0.1) is 18.8 Å². The number of phenols is 1. The molecule has 6 N–H and O–H groups in total. The van der Waals surface area contributed by atoms with E-state index < -0.39 is 54.6 Å². The van der Waals surface area contributed by atoms with Crippen LogP contribution in [0.25, 0.3) is 0 Å². The molecular formula is C27H26N2O9. The normalized spacial score (nSPS) is 24.6. The van der Waals surface area contributed by atoms with Crippen LogP contribution in [0.5, 0.6) is 11.5 Å². The fourth-order valence-corrected chi connectivity index (χ4v) is 4.66. The number of aliphatic hydroxyl groups excluding tert-OH is 3. The van der Waals surface area contributed by atoms with Crippen LogP contribution < -0.4 is 10.5 Å². The van der Waals surface area contributed by atoms with Gasteiger partial charge < -0.3 is 40.4 Å². The first kappa shape index (κ1) is 25.8. The monoisotopic (exact) mass is 522 g/mol. The third kappa shape index (κ3) is 4.62. The third-order valence-electron chi connectivity index (χ3n) is 6.64. The molecule has 198 valence electrons.